The molecule has 0 aromatic heterocycles. The Morgan fingerprint density at radius 2 is 1.35 bits per heavy atom. The molecule has 0 heterocycles. The number of benzene rings is 1. The summed E-state index contributed by atoms with van der Waals surface area (Å²) in [7, 11) is 0. The summed E-state index contributed by atoms with van der Waals surface area (Å²) >= 11 is 0. The molecule has 0 unspecified atom stereocenters. The first-order valence-electron chi connectivity index (χ1n) is 8.34. The van der Waals surface area contributed by atoms with Crippen molar-refractivity contribution < 1.29 is 0 Å². The van der Waals surface area contributed by atoms with Crippen molar-refractivity contribution in [2.24, 2.45) is 0 Å². The fourth-order valence-electron chi connectivity index (χ4n) is 2.63. The third kappa shape index (κ3) is 7.34. The molecule has 0 spiro atoms. The van der Waals surface area contributed by atoms with E-state index < -0.39 is 0 Å². The van der Waals surface area contributed by atoms with Crippen molar-refractivity contribution in [3.8, 4) is 0 Å². The van der Waals surface area contributed by atoms with Crippen LogP contribution in [0, 0.1) is 6.57 Å². The summed E-state index contributed by atoms with van der Waals surface area (Å²) in [5, 5.41) is 0. The van der Waals surface area contributed by atoms with Crippen LogP contribution in [0.4, 0.5) is 5.69 Å². The third-order valence-corrected chi connectivity index (χ3v) is 3.91. The Morgan fingerprint density at radius 1 is 0.800 bits per heavy atom. The van der Waals surface area contributed by atoms with Gasteiger partial charge in [0, 0.05) is 0 Å². The molecule has 0 bridgehead atoms. The number of hydrogen-bond donors (Lipinski definition) is 0. The van der Waals surface area contributed by atoms with Gasteiger partial charge in [0.2, 0.25) is 0 Å². The first kappa shape index (κ1) is 16.8. The van der Waals surface area contributed by atoms with Crippen molar-refractivity contribution in [2.75, 3.05) is 0 Å². The highest BCUT2D eigenvalue weighted by atomic mass is 14.6. The van der Waals surface area contributed by atoms with Gasteiger partial charge < -0.3 is 0 Å². The van der Waals surface area contributed by atoms with Crippen LogP contribution in [0.15, 0.2) is 24.3 Å². The standard InChI is InChI=1S/C19H29N/c1-3-4-5-6-7-8-9-10-11-12-15-18-16-13-14-17-19(18)20-2/h13-14,16-17H,3-12,15H2,1H3. The second-order valence-electron chi connectivity index (χ2n) is 5.67. The molecule has 0 fully saturated rings. The van der Waals surface area contributed by atoms with Crippen LogP contribution in [0.25, 0.3) is 4.85 Å². The van der Waals surface area contributed by atoms with Crippen molar-refractivity contribution in [3.63, 3.8) is 0 Å². The van der Waals surface area contributed by atoms with Crippen LogP contribution in [-0.4, -0.2) is 0 Å². The second-order valence-corrected chi connectivity index (χ2v) is 5.67. The van der Waals surface area contributed by atoms with Gasteiger partial charge in [-0.05, 0) is 12.0 Å². The van der Waals surface area contributed by atoms with Gasteiger partial charge in [-0.3, -0.25) is 0 Å². The van der Waals surface area contributed by atoms with E-state index in [-0.39, 0.29) is 0 Å². The second kappa shape index (κ2) is 11.5. The lowest BCUT2D eigenvalue weighted by Gasteiger charge is -2.04. The molecule has 0 atom stereocenters. The van der Waals surface area contributed by atoms with Crippen LogP contribution in [0.5, 0.6) is 0 Å². The SMILES string of the molecule is [C-]#[N+]c1ccccc1CCCCCCCCCCCC. The molecule has 1 aromatic rings. The smallest absolute Gasteiger partial charge is 0.190 e. The molecule has 110 valence electrons. The predicted octanol–water partition coefficient (Wildman–Crippen LogP) is 6.70. The summed E-state index contributed by atoms with van der Waals surface area (Å²) in [5.41, 5.74) is 2.06. The maximum absolute atomic E-state index is 7.15. The Bertz CT molecular complexity index is 389. The van der Waals surface area contributed by atoms with E-state index in [1.165, 1.54) is 69.8 Å². The lowest BCUT2D eigenvalue weighted by Crippen LogP contribution is -1.87. The highest BCUT2D eigenvalue weighted by molar-refractivity contribution is 5.51. The molecule has 0 aliphatic carbocycles. The number of unbranched alkanes of at least 4 members (excludes halogenated alkanes) is 9. The maximum atomic E-state index is 7.15. The third-order valence-electron chi connectivity index (χ3n) is 3.91. The fraction of sp³-hybridized carbons (Fsp3) is 0.632. The Kier molecular flexibility index (Phi) is 9.66. The van der Waals surface area contributed by atoms with Crippen LogP contribution in [0.1, 0.15) is 76.7 Å². The molecular formula is C19H29N. The van der Waals surface area contributed by atoms with E-state index in [4.69, 9.17) is 6.57 Å². The average molecular weight is 271 g/mol. The molecule has 0 saturated heterocycles. The molecule has 0 N–H and O–H groups in total. The van der Waals surface area contributed by atoms with Gasteiger partial charge in [0.15, 0.2) is 5.69 Å². The Hall–Kier alpha value is -1.29. The highest BCUT2D eigenvalue weighted by Crippen LogP contribution is 2.21. The molecule has 1 aromatic carbocycles. The molecule has 1 rings (SSSR count). The molecule has 0 aliphatic rings. The van der Waals surface area contributed by atoms with Gasteiger partial charge in [-0.1, -0.05) is 95.4 Å². The number of hydrogen-bond acceptors (Lipinski definition) is 0. The first-order valence-corrected chi connectivity index (χ1v) is 8.34. The predicted molar refractivity (Wildman–Crippen MR) is 88.3 cm³/mol. The van der Waals surface area contributed by atoms with Crippen LogP contribution < -0.4 is 0 Å². The van der Waals surface area contributed by atoms with Crippen molar-refractivity contribution >= 4 is 5.69 Å². The monoisotopic (exact) mass is 271 g/mol. The molecular weight excluding hydrogens is 242 g/mol. The van der Waals surface area contributed by atoms with E-state index in [1.807, 2.05) is 18.2 Å². The van der Waals surface area contributed by atoms with E-state index in [1.54, 1.807) is 0 Å². The van der Waals surface area contributed by atoms with E-state index >= 15 is 0 Å². The molecule has 20 heavy (non-hydrogen) atoms. The topological polar surface area (TPSA) is 4.36 Å². The largest absolute Gasteiger partial charge is 0.238 e. The highest BCUT2D eigenvalue weighted by Gasteiger charge is 2.00. The fourth-order valence-corrected chi connectivity index (χ4v) is 2.63. The number of rotatable bonds is 11. The van der Waals surface area contributed by atoms with Crippen LogP contribution in [0.2, 0.25) is 0 Å². The minimum Gasteiger partial charge on any atom is -0.238 e. The lowest BCUT2D eigenvalue weighted by molar-refractivity contribution is 0.556. The molecule has 0 amide bonds. The average Bonchev–Trinajstić information content (AvgIpc) is 2.49. The maximum Gasteiger partial charge on any atom is 0.190 e. The summed E-state index contributed by atoms with van der Waals surface area (Å²) in [6.45, 7) is 9.42. The minimum atomic E-state index is 0.837. The minimum absolute atomic E-state index is 0.837. The molecule has 0 saturated carbocycles. The van der Waals surface area contributed by atoms with Crippen LogP contribution in [0.3, 0.4) is 0 Å². The number of para-hydroxylation sites is 1. The van der Waals surface area contributed by atoms with Crippen LogP contribution in [-0.2, 0) is 6.42 Å². The number of aryl methyl sites for hydroxylation is 1. The Morgan fingerprint density at radius 3 is 1.95 bits per heavy atom. The Balaban J connectivity index is 1.98. The van der Waals surface area contributed by atoms with Gasteiger partial charge in [0.25, 0.3) is 0 Å². The number of nitrogens with zero attached hydrogens (tertiary/aromatic N) is 1. The van der Waals surface area contributed by atoms with Gasteiger partial charge in [-0.25, -0.2) is 4.85 Å². The zero-order chi connectivity index (χ0) is 14.5. The van der Waals surface area contributed by atoms with Crippen molar-refractivity contribution in [3.05, 3.63) is 41.2 Å². The summed E-state index contributed by atoms with van der Waals surface area (Å²) in [5.74, 6) is 0. The zero-order valence-corrected chi connectivity index (χ0v) is 13.0. The van der Waals surface area contributed by atoms with Crippen molar-refractivity contribution in [1.29, 1.82) is 0 Å². The van der Waals surface area contributed by atoms with Gasteiger partial charge >= 0.3 is 0 Å². The van der Waals surface area contributed by atoms with Gasteiger partial charge in [-0.15, -0.1) is 0 Å². The zero-order valence-electron chi connectivity index (χ0n) is 13.0. The molecule has 0 radical (unpaired) electrons. The molecule has 1 nitrogen and oxygen atoms in total. The van der Waals surface area contributed by atoms with E-state index in [9.17, 15) is 0 Å². The summed E-state index contributed by atoms with van der Waals surface area (Å²) in [4.78, 5) is 3.58. The summed E-state index contributed by atoms with van der Waals surface area (Å²) in [6.07, 6.45) is 14.7. The molecule has 1 heteroatoms. The van der Waals surface area contributed by atoms with E-state index in [2.05, 4.69) is 17.8 Å². The van der Waals surface area contributed by atoms with Crippen molar-refractivity contribution in [1.82, 2.24) is 0 Å². The quantitative estimate of drug-likeness (QED) is 0.311. The molecule has 0 aliphatic heterocycles. The summed E-state index contributed by atoms with van der Waals surface area (Å²) < 4.78 is 0. The van der Waals surface area contributed by atoms with E-state index in [0.29, 0.717) is 0 Å². The Labute approximate surface area is 125 Å². The van der Waals surface area contributed by atoms with Crippen LogP contribution >= 0.6 is 0 Å². The normalized spacial score (nSPS) is 10.4. The van der Waals surface area contributed by atoms with Gasteiger partial charge in [0.05, 0.1) is 6.57 Å². The van der Waals surface area contributed by atoms with Crippen molar-refractivity contribution in [2.45, 2.75) is 77.6 Å². The first-order chi connectivity index (χ1) is 9.88. The lowest BCUT2D eigenvalue weighted by atomic mass is 10.0. The summed E-state index contributed by atoms with van der Waals surface area (Å²) in [6, 6.07) is 8.02. The van der Waals surface area contributed by atoms with Gasteiger partial charge in [-0.2, -0.15) is 0 Å². The van der Waals surface area contributed by atoms with E-state index in [0.717, 1.165) is 12.1 Å². The van der Waals surface area contributed by atoms with Gasteiger partial charge in [0.1, 0.15) is 0 Å².